The van der Waals surface area contributed by atoms with Crippen LogP contribution in [0.1, 0.15) is 24.0 Å². The molecule has 2 N–H and O–H groups in total. The second-order valence-corrected chi connectivity index (χ2v) is 5.94. The molecule has 2 aromatic carbocycles. The van der Waals surface area contributed by atoms with Crippen LogP contribution in [0.5, 0.6) is 0 Å². The van der Waals surface area contributed by atoms with E-state index in [0.29, 0.717) is 6.61 Å². The van der Waals surface area contributed by atoms with Crippen LogP contribution < -0.4 is 10.6 Å². The number of aryl methyl sites for hydroxylation is 1. The third kappa shape index (κ3) is 3.71. The van der Waals surface area contributed by atoms with E-state index < -0.39 is 0 Å². The second kappa shape index (κ2) is 6.84. The Kier molecular flexibility index (Phi) is 4.63. The summed E-state index contributed by atoms with van der Waals surface area (Å²) in [5.41, 5.74) is 5.38. The smallest absolute Gasteiger partial charge is 0.253 e. The highest BCUT2D eigenvalue weighted by molar-refractivity contribution is 5.94. The first-order valence-corrected chi connectivity index (χ1v) is 7.99. The number of hydrogen-bond donors (Lipinski definition) is 2. The van der Waals surface area contributed by atoms with Crippen LogP contribution in [-0.4, -0.2) is 18.6 Å². The number of nitrogens with one attached hydrogen (secondary N) is 2. The van der Waals surface area contributed by atoms with Crippen molar-refractivity contribution in [3.8, 4) is 0 Å². The zero-order chi connectivity index (χ0) is 16.2. The highest BCUT2D eigenvalue weighted by atomic mass is 16.5. The fourth-order valence-corrected chi connectivity index (χ4v) is 2.69. The van der Waals surface area contributed by atoms with Gasteiger partial charge in [0.1, 0.15) is 6.10 Å². The third-order valence-corrected chi connectivity index (χ3v) is 4.26. The summed E-state index contributed by atoms with van der Waals surface area (Å²) >= 11 is 0. The van der Waals surface area contributed by atoms with Crippen LogP contribution in [0.25, 0.3) is 0 Å². The van der Waals surface area contributed by atoms with Gasteiger partial charge < -0.3 is 15.4 Å². The van der Waals surface area contributed by atoms with Crippen molar-refractivity contribution in [1.29, 1.82) is 0 Å². The Morgan fingerprint density at radius 3 is 2.52 bits per heavy atom. The van der Waals surface area contributed by atoms with Crippen molar-refractivity contribution >= 4 is 23.0 Å². The molecule has 1 aliphatic heterocycles. The van der Waals surface area contributed by atoms with E-state index in [1.54, 1.807) is 0 Å². The molecular weight excluding hydrogens is 288 g/mol. The summed E-state index contributed by atoms with van der Waals surface area (Å²) in [6.07, 6.45) is 1.46. The summed E-state index contributed by atoms with van der Waals surface area (Å²) in [6.45, 7) is 4.88. The molecule has 3 rings (SSSR count). The predicted molar refractivity (Wildman–Crippen MR) is 93.2 cm³/mol. The van der Waals surface area contributed by atoms with E-state index >= 15 is 0 Å². The maximum Gasteiger partial charge on any atom is 0.253 e. The first-order chi connectivity index (χ1) is 11.1. The fraction of sp³-hybridized carbons (Fsp3) is 0.316. The van der Waals surface area contributed by atoms with Gasteiger partial charge in [-0.25, -0.2) is 0 Å². The molecule has 0 saturated carbocycles. The van der Waals surface area contributed by atoms with E-state index in [-0.39, 0.29) is 12.0 Å². The van der Waals surface area contributed by atoms with Gasteiger partial charge in [0.05, 0.1) is 0 Å². The first-order valence-electron chi connectivity index (χ1n) is 7.99. The van der Waals surface area contributed by atoms with Crippen LogP contribution >= 0.6 is 0 Å². The molecule has 23 heavy (non-hydrogen) atoms. The first kappa shape index (κ1) is 15.6. The Bertz CT molecular complexity index is 689. The topological polar surface area (TPSA) is 50.4 Å². The minimum absolute atomic E-state index is 0.0577. The maximum absolute atomic E-state index is 12.0. The van der Waals surface area contributed by atoms with Gasteiger partial charge in [-0.05, 0) is 68.1 Å². The van der Waals surface area contributed by atoms with E-state index in [1.165, 1.54) is 11.1 Å². The molecule has 1 unspecified atom stereocenters. The molecule has 0 aliphatic carbocycles. The number of benzene rings is 2. The third-order valence-electron chi connectivity index (χ3n) is 4.26. The van der Waals surface area contributed by atoms with Crippen molar-refractivity contribution in [1.82, 2.24) is 0 Å². The number of carbonyl (C=O) groups is 1. The molecular formula is C19H22N2O2. The average Bonchev–Trinajstić information content (AvgIpc) is 3.08. The average molecular weight is 310 g/mol. The van der Waals surface area contributed by atoms with Gasteiger partial charge in [0.2, 0.25) is 0 Å². The summed E-state index contributed by atoms with van der Waals surface area (Å²) in [6, 6.07) is 13.9. The lowest BCUT2D eigenvalue weighted by Crippen LogP contribution is -2.26. The minimum atomic E-state index is -0.303. The summed E-state index contributed by atoms with van der Waals surface area (Å²) < 4.78 is 5.39. The summed E-state index contributed by atoms with van der Waals surface area (Å²) in [4.78, 5) is 12.0. The number of anilines is 3. The van der Waals surface area contributed by atoms with Crippen molar-refractivity contribution in [3.63, 3.8) is 0 Å². The quantitative estimate of drug-likeness (QED) is 0.891. The van der Waals surface area contributed by atoms with Crippen molar-refractivity contribution in [3.05, 3.63) is 53.6 Å². The van der Waals surface area contributed by atoms with Gasteiger partial charge in [-0.2, -0.15) is 0 Å². The van der Waals surface area contributed by atoms with Crippen molar-refractivity contribution in [2.24, 2.45) is 0 Å². The van der Waals surface area contributed by atoms with Gasteiger partial charge in [0.25, 0.3) is 5.91 Å². The van der Waals surface area contributed by atoms with Gasteiger partial charge in [-0.15, -0.1) is 0 Å². The fourth-order valence-electron chi connectivity index (χ4n) is 2.69. The van der Waals surface area contributed by atoms with Gasteiger partial charge in [0, 0.05) is 23.7 Å². The molecule has 4 nitrogen and oxygen atoms in total. The minimum Gasteiger partial charge on any atom is -0.368 e. The molecule has 1 saturated heterocycles. The molecule has 0 spiro atoms. The van der Waals surface area contributed by atoms with Crippen LogP contribution in [0, 0.1) is 13.8 Å². The Balaban J connectivity index is 1.65. The summed E-state index contributed by atoms with van der Waals surface area (Å²) in [5.74, 6) is -0.0577. The van der Waals surface area contributed by atoms with Gasteiger partial charge in [-0.3, -0.25) is 4.79 Å². The van der Waals surface area contributed by atoms with Crippen LogP contribution in [0.15, 0.2) is 42.5 Å². The Hall–Kier alpha value is -2.33. The largest absolute Gasteiger partial charge is 0.368 e. The molecule has 120 valence electrons. The van der Waals surface area contributed by atoms with Gasteiger partial charge in [-0.1, -0.05) is 12.1 Å². The highest BCUT2D eigenvalue weighted by Crippen LogP contribution is 2.24. The number of rotatable bonds is 4. The number of amides is 1. The van der Waals surface area contributed by atoms with Crippen LogP contribution in [0.2, 0.25) is 0 Å². The molecule has 0 bridgehead atoms. The summed E-state index contributed by atoms with van der Waals surface area (Å²) in [5, 5.41) is 6.31. The molecule has 1 amide bonds. The van der Waals surface area contributed by atoms with Gasteiger partial charge in [0.15, 0.2) is 0 Å². The lowest BCUT2D eigenvalue weighted by Gasteiger charge is -2.13. The Labute approximate surface area is 136 Å². The lowest BCUT2D eigenvalue weighted by atomic mass is 10.1. The molecule has 0 radical (unpaired) electrons. The molecule has 1 atom stereocenters. The standard InChI is InChI=1S/C19H22N2O2/c1-13-5-3-6-17(14(13)2)20-15-8-10-16(11-9-15)21-19(22)18-7-4-12-23-18/h3,5-6,8-11,18,20H,4,7,12H2,1-2H3,(H,21,22). The monoisotopic (exact) mass is 310 g/mol. The Morgan fingerprint density at radius 2 is 1.83 bits per heavy atom. The normalized spacial score (nSPS) is 17.0. The lowest BCUT2D eigenvalue weighted by molar-refractivity contribution is -0.124. The van der Waals surface area contributed by atoms with E-state index in [2.05, 4.69) is 36.6 Å². The second-order valence-electron chi connectivity index (χ2n) is 5.94. The van der Waals surface area contributed by atoms with E-state index in [1.807, 2.05) is 30.3 Å². The number of carbonyl (C=O) groups excluding carboxylic acids is 1. The number of ether oxygens (including phenoxy) is 1. The number of hydrogen-bond acceptors (Lipinski definition) is 3. The Morgan fingerprint density at radius 1 is 1.09 bits per heavy atom. The zero-order valence-electron chi connectivity index (χ0n) is 13.6. The molecule has 4 heteroatoms. The molecule has 1 aliphatic rings. The van der Waals surface area contributed by atoms with Gasteiger partial charge >= 0.3 is 0 Å². The summed E-state index contributed by atoms with van der Waals surface area (Å²) in [7, 11) is 0. The predicted octanol–water partition coefficient (Wildman–Crippen LogP) is 4.16. The van der Waals surface area contributed by atoms with E-state index in [9.17, 15) is 4.79 Å². The SMILES string of the molecule is Cc1cccc(Nc2ccc(NC(=O)C3CCCO3)cc2)c1C. The van der Waals surface area contributed by atoms with Crippen molar-refractivity contribution in [2.75, 3.05) is 17.2 Å². The van der Waals surface area contributed by atoms with Crippen molar-refractivity contribution in [2.45, 2.75) is 32.8 Å². The molecule has 0 aromatic heterocycles. The van der Waals surface area contributed by atoms with Crippen LogP contribution in [0.4, 0.5) is 17.1 Å². The zero-order valence-corrected chi connectivity index (χ0v) is 13.6. The van der Waals surface area contributed by atoms with Crippen LogP contribution in [0.3, 0.4) is 0 Å². The van der Waals surface area contributed by atoms with E-state index in [4.69, 9.17) is 4.74 Å². The molecule has 1 heterocycles. The molecule has 1 fully saturated rings. The van der Waals surface area contributed by atoms with Crippen LogP contribution in [-0.2, 0) is 9.53 Å². The highest BCUT2D eigenvalue weighted by Gasteiger charge is 2.23. The van der Waals surface area contributed by atoms with E-state index in [0.717, 1.165) is 29.9 Å². The molecule has 2 aromatic rings. The maximum atomic E-state index is 12.0. The van der Waals surface area contributed by atoms with Crippen molar-refractivity contribution < 1.29 is 9.53 Å².